The Hall–Kier alpha value is -0.850. The molecule has 2 rings (SSSR count). The Labute approximate surface area is 121 Å². The number of rotatable bonds is 4. The number of sulfonamides is 1. The minimum atomic E-state index is -3.41. The Kier molecular flexibility index (Phi) is 4.27. The molecule has 0 spiro atoms. The molecule has 0 bridgehead atoms. The standard InChI is InChI=1S/C14H25N3O2S/c1-10(2)16-9-14(6-13(16)7-15)20(18,19)17-8-11(3)5-12(17)4/h6,9-12H,5,7-8,15H2,1-4H3. The molecular weight excluding hydrogens is 274 g/mol. The van der Waals surface area contributed by atoms with E-state index in [9.17, 15) is 8.42 Å². The van der Waals surface area contributed by atoms with Gasteiger partial charge in [0.25, 0.3) is 0 Å². The molecule has 114 valence electrons. The number of aromatic nitrogens is 1. The van der Waals surface area contributed by atoms with Crippen molar-refractivity contribution in [2.24, 2.45) is 11.7 Å². The molecule has 0 saturated carbocycles. The van der Waals surface area contributed by atoms with Crippen LogP contribution in [0.5, 0.6) is 0 Å². The lowest BCUT2D eigenvalue weighted by Gasteiger charge is -2.20. The van der Waals surface area contributed by atoms with Crippen LogP contribution in [0.15, 0.2) is 17.2 Å². The van der Waals surface area contributed by atoms with Gasteiger partial charge in [-0.1, -0.05) is 6.92 Å². The van der Waals surface area contributed by atoms with E-state index in [0.717, 1.165) is 12.1 Å². The normalized spacial score (nSPS) is 24.7. The van der Waals surface area contributed by atoms with Crippen LogP contribution in [0.1, 0.15) is 45.9 Å². The number of hydrogen-bond donors (Lipinski definition) is 1. The first kappa shape index (κ1) is 15.5. The first-order valence-corrected chi connectivity index (χ1v) is 8.64. The van der Waals surface area contributed by atoms with Crippen LogP contribution in [-0.4, -0.2) is 29.9 Å². The van der Waals surface area contributed by atoms with Crippen molar-refractivity contribution in [3.8, 4) is 0 Å². The Morgan fingerprint density at radius 2 is 2.05 bits per heavy atom. The first-order valence-electron chi connectivity index (χ1n) is 7.20. The summed E-state index contributed by atoms with van der Waals surface area (Å²) in [5.41, 5.74) is 6.58. The van der Waals surface area contributed by atoms with E-state index in [0.29, 0.717) is 23.9 Å². The van der Waals surface area contributed by atoms with Gasteiger partial charge >= 0.3 is 0 Å². The van der Waals surface area contributed by atoms with Gasteiger partial charge < -0.3 is 10.3 Å². The zero-order valence-electron chi connectivity index (χ0n) is 12.7. The fraction of sp³-hybridized carbons (Fsp3) is 0.714. The maximum absolute atomic E-state index is 12.8. The van der Waals surface area contributed by atoms with Gasteiger partial charge in [0.05, 0.1) is 0 Å². The summed E-state index contributed by atoms with van der Waals surface area (Å²) >= 11 is 0. The van der Waals surface area contributed by atoms with Gasteiger partial charge in [-0.3, -0.25) is 0 Å². The Morgan fingerprint density at radius 1 is 1.40 bits per heavy atom. The summed E-state index contributed by atoms with van der Waals surface area (Å²) in [6.07, 6.45) is 2.64. The molecule has 0 aliphatic carbocycles. The van der Waals surface area contributed by atoms with Crippen molar-refractivity contribution in [3.05, 3.63) is 18.0 Å². The minimum absolute atomic E-state index is 0.0683. The summed E-state index contributed by atoms with van der Waals surface area (Å²) in [5.74, 6) is 0.418. The van der Waals surface area contributed by atoms with Crippen LogP contribution >= 0.6 is 0 Å². The van der Waals surface area contributed by atoms with E-state index in [1.54, 1.807) is 16.6 Å². The monoisotopic (exact) mass is 299 g/mol. The zero-order valence-corrected chi connectivity index (χ0v) is 13.5. The molecule has 1 aliphatic heterocycles. The van der Waals surface area contributed by atoms with Crippen LogP contribution in [0.4, 0.5) is 0 Å². The molecular formula is C14H25N3O2S. The topological polar surface area (TPSA) is 68.3 Å². The molecule has 6 heteroatoms. The number of nitrogens with zero attached hydrogens (tertiary/aromatic N) is 2. The van der Waals surface area contributed by atoms with Crippen molar-refractivity contribution in [2.45, 2.75) is 57.6 Å². The van der Waals surface area contributed by atoms with Crippen molar-refractivity contribution >= 4 is 10.0 Å². The molecule has 1 aromatic heterocycles. The molecule has 1 aliphatic rings. The summed E-state index contributed by atoms with van der Waals surface area (Å²) in [4.78, 5) is 0.368. The van der Waals surface area contributed by atoms with Gasteiger partial charge in [0.1, 0.15) is 4.90 Å². The highest BCUT2D eigenvalue weighted by molar-refractivity contribution is 7.89. The largest absolute Gasteiger partial charge is 0.346 e. The van der Waals surface area contributed by atoms with Gasteiger partial charge in [0, 0.05) is 37.1 Å². The van der Waals surface area contributed by atoms with E-state index in [1.165, 1.54) is 0 Å². The summed E-state index contributed by atoms with van der Waals surface area (Å²) in [7, 11) is -3.41. The van der Waals surface area contributed by atoms with Crippen LogP contribution in [0, 0.1) is 5.92 Å². The lowest BCUT2D eigenvalue weighted by molar-refractivity contribution is 0.405. The second-order valence-electron chi connectivity index (χ2n) is 6.14. The van der Waals surface area contributed by atoms with Crippen LogP contribution in [0.2, 0.25) is 0 Å². The molecule has 2 atom stereocenters. The summed E-state index contributed by atoms with van der Waals surface area (Å²) in [5, 5.41) is 0. The molecule has 2 unspecified atom stereocenters. The molecule has 5 nitrogen and oxygen atoms in total. The highest BCUT2D eigenvalue weighted by Crippen LogP contribution is 2.30. The van der Waals surface area contributed by atoms with Crippen LogP contribution in [0.3, 0.4) is 0 Å². The second kappa shape index (κ2) is 5.50. The van der Waals surface area contributed by atoms with Crippen molar-refractivity contribution in [3.63, 3.8) is 0 Å². The average Bonchev–Trinajstić information content (AvgIpc) is 2.92. The van der Waals surface area contributed by atoms with Gasteiger partial charge in [0.2, 0.25) is 10.0 Å². The Bertz CT molecular complexity index is 577. The third-order valence-corrected chi connectivity index (χ3v) is 5.95. The van der Waals surface area contributed by atoms with Crippen molar-refractivity contribution < 1.29 is 8.42 Å². The van der Waals surface area contributed by atoms with E-state index < -0.39 is 10.0 Å². The van der Waals surface area contributed by atoms with E-state index in [2.05, 4.69) is 6.92 Å². The molecule has 0 aromatic carbocycles. The highest BCUT2D eigenvalue weighted by Gasteiger charge is 2.36. The fourth-order valence-corrected chi connectivity index (χ4v) is 4.83. The molecule has 20 heavy (non-hydrogen) atoms. The summed E-state index contributed by atoms with van der Waals surface area (Å²) in [6, 6.07) is 1.98. The van der Waals surface area contributed by atoms with E-state index in [1.807, 2.05) is 25.3 Å². The molecule has 1 fully saturated rings. The summed E-state index contributed by atoms with van der Waals surface area (Å²) < 4.78 is 29.1. The van der Waals surface area contributed by atoms with Gasteiger partial charge in [-0.25, -0.2) is 8.42 Å². The maximum Gasteiger partial charge on any atom is 0.244 e. The quantitative estimate of drug-likeness (QED) is 0.924. The third kappa shape index (κ3) is 2.64. The molecule has 2 heterocycles. The first-order chi connectivity index (χ1) is 9.27. The van der Waals surface area contributed by atoms with Crippen molar-refractivity contribution in [1.29, 1.82) is 0 Å². The lowest BCUT2D eigenvalue weighted by Crippen LogP contribution is -2.33. The van der Waals surface area contributed by atoms with Crippen LogP contribution < -0.4 is 5.73 Å². The van der Waals surface area contributed by atoms with E-state index in [4.69, 9.17) is 5.73 Å². The number of nitrogens with two attached hydrogens (primary N) is 1. The molecule has 2 N–H and O–H groups in total. The van der Waals surface area contributed by atoms with E-state index >= 15 is 0 Å². The van der Waals surface area contributed by atoms with Gasteiger partial charge in [-0.05, 0) is 39.2 Å². The predicted octanol–water partition coefficient (Wildman–Crippen LogP) is 1.95. The molecule has 1 aromatic rings. The van der Waals surface area contributed by atoms with E-state index in [-0.39, 0.29) is 12.1 Å². The van der Waals surface area contributed by atoms with Gasteiger partial charge in [-0.15, -0.1) is 0 Å². The average molecular weight is 299 g/mol. The van der Waals surface area contributed by atoms with Gasteiger partial charge in [0.15, 0.2) is 0 Å². The molecule has 1 saturated heterocycles. The fourth-order valence-electron chi connectivity index (χ4n) is 3.01. The Morgan fingerprint density at radius 3 is 2.45 bits per heavy atom. The summed E-state index contributed by atoms with van der Waals surface area (Å²) in [6.45, 7) is 9.07. The van der Waals surface area contributed by atoms with Gasteiger partial charge in [-0.2, -0.15) is 4.31 Å². The Balaban J connectivity index is 2.40. The van der Waals surface area contributed by atoms with Crippen LogP contribution in [0.25, 0.3) is 0 Å². The lowest BCUT2D eigenvalue weighted by atomic mass is 10.1. The second-order valence-corrected chi connectivity index (χ2v) is 8.03. The minimum Gasteiger partial charge on any atom is -0.346 e. The predicted molar refractivity (Wildman–Crippen MR) is 79.8 cm³/mol. The SMILES string of the molecule is CC1CC(C)N(S(=O)(=O)c2cc(CN)n(C(C)C)c2)C1. The third-order valence-electron chi connectivity index (χ3n) is 4.01. The smallest absolute Gasteiger partial charge is 0.244 e. The highest BCUT2D eigenvalue weighted by atomic mass is 32.2. The van der Waals surface area contributed by atoms with Crippen molar-refractivity contribution in [1.82, 2.24) is 8.87 Å². The zero-order chi connectivity index (χ0) is 15.1. The van der Waals surface area contributed by atoms with Crippen molar-refractivity contribution in [2.75, 3.05) is 6.54 Å². The molecule has 0 radical (unpaired) electrons. The van der Waals surface area contributed by atoms with Crippen LogP contribution in [-0.2, 0) is 16.6 Å². The maximum atomic E-state index is 12.8. The molecule has 0 amide bonds. The number of hydrogen-bond acceptors (Lipinski definition) is 3.